The number of hydrogen-bond acceptors (Lipinski definition) is 6. The molecule has 1 amide bonds. The zero-order valence-electron chi connectivity index (χ0n) is 15.2. The molecule has 2 N–H and O–H groups in total. The molecule has 142 valence electrons. The minimum absolute atomic E-state index is 0.00453. The number of hydrogen-bond donors (Lipinski definition) is 2. The van der Waals surface area contributed by atoms with Crippen LogP contribution in [0, 0.1) is 5.92 Å². The van der Waals surface area contributed by atoms with Gasteiger partial charge in [-0.2, -0.15) is 0 Å². The summed E-state index contributed by atoms with van der Waals surface area (Å²) in [7, 11) is 1.65. The summed E-state index contributed by atoms with van der Waals surface area (Å²) in [6.07, 6.45) is 3.96. The standard InChI is InChI=1S/C18H25N3O3S2/c1-11-4-5-12-13(8-11)26-18-16(12)17(23)20-14(21-18)9-25-10-15(22)19-6-3-7-24-2/h11H,3-10H2,1-2H3,(H,19,22)(H,20,21,23)/t11-/m0/s1. The van der Waals surface area contributed by atoms with Crippen molar-refractivity contribution < 1.29 is 9.53 Å². The van der Waals surface area contributed by atoms with Gasteiger partial charge in [-0.3, -0.25) is 9.59 Å². The minimum Gasteiger partial charge on any atom is -0.385 e. The van der Waals surface area contributed by atoms with Crippen LogP contribution in [-0.2, 0) is 28.1 Å². The van der Waals surface area contributed by atoms with E-state index in [1.54, 1.807) is 18.4 Å². The number of carbonyl (C=O) groups is 1. The van der Waals surface area contributed by atoms with Crippen molar-refractivity contribution in [3.8, 4) is 0 Å². The smallest absolute Gasteiger partial charge is 0.259 e. The average molecular weight is 396 g/mol. The van der Waals surface area contributed by atoms with Gasteiger partial charge >= 0.3 is 0 Å². The van der Waals surface area contributed by atoms with Gasteiger partial charge in [0, 0.05) is 25.1 Å². The van der Waals surface area contributed by atoms with E-state index >= 15 is 0 Å². The maximum Gasteiger partial charge on any atom is 0.259 e. The van der Waals surface area contributed by atoms with E-state index < -0.39 is 0 Å². The number of H-pyrrole nitrogens is 1. The second-order valence-electron chi connectivity index (χ2n) is 6.73. The van der Waals surface area contributed by atoms with Gasteiger partial charge in [0.25, 0.3) is 5.56 Å². The minimum atomic E-state index is -0.0401. The van der Waals surface area contributed by atoms with E-state index in [-0.39, 0.29) is 11.5 Å². The molecule has 0 aliphatic heterocycles. The lowest BCUT2D eigenvalue weighted by atomic mass is 9.89. The monoisotopic (exact) mass is 395 g/mol. The molecule has 2 aromatic rings. The van der Waals surface area contributed by atoms with E-state index in [1.807, 2.05) is 0 Å². The molecule has 1 aliphatic rings. The number of aromatic nitrogens is 2. The van der Waals surface area contributed by atoms with Crippen molar-refractivity contribution in [2.24, 2.45) is 5.92 Å². The van der Waals surface area contributed by atoms with Gasteiger partial charge in [-0.25, -0.2) is 4.98 Å². The number of nitrogens with zero attached hydrogens (tertiary/aromatic N) is 1. The first-order valence-electron chi connectivity index (χ1n) is 8.95. The zero-order valence-corrected chi connectivity index (χ0v) is 16.9. The summed E-state index contributed by atoms with van der Waals surface area (Å²) >= 11 is 3.12. The fraction of sp³-hybridized carbons (Fsp3) is 0.611. The summed E-state index contributed by atoms with van der Waals surface area (Å²) in [6, 6.07) is 0. The first-order valence-corrected chi connectivity index (χ1v) is 10.9. The SMILES string of the molecule is COCCCNC(=O)CSCc1nc2sc3c(c2c(=O)[nH]1)CC[C@H](C)C3. The summed E-state index contributed by atoms with van der Waals surface area (Å²) in [5.41, 5.74) is 1.16. The molecule has 0 aromatic carbocycles. The number of nitrogens with one attached hydrogen (secondary N) is 2. The van der Waals surface area contributed by atoms with E-state index in [9.17, 15) is 9.59 Å². The van der Waals surface area contributed by atoms with Crippen LogP contribution in [0.15, 0.2) is 4.79 Å². The third-order valence-corrected chi connectivity index (χ3v) is 6.63. The fourth-order valence-electron chi connectivity index (χ4n) is 3.20. The molecule has 6 nitrogen and oxygen atoms in total. The third-order valence-electron chi connectivity index (χ3n) is 4.53. The molecule has 26 heavy (non-hydrogen) atoms. The molecule has 0 spiro atoms. The van der Waals surface area contributed by atoms with Gasteiger partial charge in [0.15, 0.2) is 0 Å². The zero-order chi connectivity index (χ0) is 18.5. The molecule has 3 rings (SSSR count). The molecule has 8 heteroatoms. The number of fused-ring (bicyclic) bond motifs is 3. The average Bonchev–Trinajstić information content (AvgIpc) is 2.96. The van der Waals surface area contributed by atoms with Gasteiger partial charge in [0.2, 0.25) is 5.91 Å². The molecule has 0 saturated carbocycles. The van der Waals surface area contributed by atoms with Crippen LogP contribution in [0.25, 0.3) is 10.2 Å². The summed E-state index contributed by atoms with van der Waals surface area (Å²) in [5.74, 6) is 2.19. The van der Waals surface area contributed by atoms with E-state index in [4.69, 9.17) is 4.74 Å². The Morgan fingerprint density at radius 1 is 1.50 bits per heavy atom. The lowest BCUT2D eigenvalue weighted by Crippen LogP contribution is -2.27. The predicted octanol–water partition coefficient (Wildman–Crippen LogP) is 2.50. The summed E-state index contributed by atoms with van der Waals surface area (Å²) in [5, 5.41) is 3.63. The van der Waals surface area contributed by atoms with Crippen LogP contribution in [0.5, 0.6) is 0 Å². The molecule has 0 fully saturated rings. The molecule has 0 radical (unpaired) electrons. The topological polar surface area (TPSA) is 84.1 Å². The van der Waals surface area contributed by atoms with Crippen molar-refractivity contribution in [2.45, 2.75) is 38.4 Å². The molecule has 0 saturated heterocycles. The first kappa shape index (κ1) is 19.4. The lowest BCUT2D eigenvalue weighted by molar-refractivity contribution is -0.118. The molecule has 0 bridgehead atoms. The second-order valence-corrected chi connectivity index (χ2v) is 8.80. The van der Waals surface area contributed by atoms with Gasteiger partial charge in [-0.1, -0.05) is 6.92 Å². The van der Waals surface area contributed by atoms with Gasteiger partial charge in [-0.15, -0.1) is 23.1 Å². The maximum absolute atomic E-state index is 12.5. The number of thiophene rings is 1. The van der Waals surface area contributed by atoms with Crippen LogP contribution >= 0.6 is 23.1 Å². The number of methoxy groups -OCH3 is 1. The van der Waals surface area contributed by atoms with Crippen LogP contribution in [0.3, 0.4) is 0 Å². The van der Waals surface area contributed by atoms with Crippen LogP contribution in [0.4, 0.5) is 0 Å². The van der Waals surface area contributed by atoms with E-state index in [1.165, 1.54) is 22.2 Å². The number of amides is 1. The number of carbonyl (C=O) groups excluding carboxylic acids is 1. The summed E-state index contributed by atoms with van der Waals surface area (Å²) < 4.78 is 4.95. The number of rotatable bonds is 8. The molecule has 2 aromatic heterocycles. The Balaban J connectivity index is 1.59. The maximum atomic E-state index is 12.5. The van der Waals surface area contributed by atoms with Gasteiger partial charge in [0.05, 0.1) is 16.9 Å². The summed E-state index contributed by atoms with van der Waals surface area (Å²) in [4.78, 5) is 34.0. The number of aryl methyl sites for hydroxylation is 1. The van der Waals surface area contributed by atoms with Gasteiger partial charge in [0.1, 0.15) is 10.7 Å². The van der Waals surface area contributed by atoms with Crippen LogP contribution in [0.1, 0.15) is 36.0 Å². The highest BCUT2D eigenvalue weighted by molar-refractivity contribution is 7.99. The highest BCUT2D eigenvalue weighted by atomic mass is 32.2. The van der Waals surface area contributed by atoms with Crippen LogP contribution in [-0.4, -0.2) is 41.9 Å². The van der Waals surface area contributed by atoms with E-state index in [2.05, 4.69) is 22.2 Å². The highest BCUT2D eigenvalue weighted by Gasteiger charge is 2.22. The second kappa shape index (κ2) is 9.01. The van der Waals surface area contributed by atoms with Gasteiger partial charge < -0.3 is 15.0 Å². The number of ether oxygens (including phenoxy) is 1. The molecule has 0 unspecified atom stereocenters. The largest absolute Gasteiger partial charge is 0.385 e. The Labute approximate surface area is 161 Å². The Bertz CT molecular complexity index is 831. The Morgan fingerprint density at radius 3 is 3.15 bits per heavy atom. The quantitative estimate of drug-likeness (QED) is 0.671. The molecule has 1 aliphatic carbocycles. The number of thioether (sulfide) groups is 1. The normalized spacial score (nSPS) is 16.6. The Morgan fingerprint density at radius 2 is 2.35 bits per heavy atom. The molecular weight excluding hydrogens is 370 g/mol. The van der Waals surface area contributed by atoms with Crippen molar-refractivity contribution in [1.82, 2.24) is 15.3 Å². The Kier molecular flexibility index (Phi) is 6.72. The highest BCUT2D eigenvalue weighted by Crippen LogP contribution is 2.35. The molecule has 2 heterocycles. The van der Waals surface area contributed by atoms with E-state index in [0.717, 1.165) is 35.9 Å². The fourth-order valence-corrected chi connectivity index (χ4v) is 5.32. The van der Waals surface area contributed by atoms with Crippen LogP contribution in [0.2, 0.25) is 0 Å². The number of aromatic amines is 1. The van der Waals surface area contributed by atoms with Crippen LogP contribution < -0.4 is 10.9 Å². The first-order chi connectivity index (χ1) is 12.6. The summed E-state index contributed by atoms with van der Waals surface area (Å²) in [6.45, 7) is 3.52. The van der Waals surface area contributed by atoms with Crippen molar-refractivity contribution in [3.63, 3.8) is 0 Å². The molecule has 1 atom stereocenters. The van der Waals surface area contributed by atoms with Crippen molar-refractivity contribution >= 4 is 39.2 Å². The third kappa shape index (κ3) is 4.66. The predicted molar refractivity (Wildman–Crippen MR) is 107 cm³/mol. The van der Waals surface area contributed by atoms with E-state index in [0.29, 0.717) is 36.4 Å². The van der Waals surface area contributed by atoms with Crippen molar-refractivity contribution in [2.75, 3.05) is 26.0 Å². The van der Waals surface area contributed by atoms with Crippen molar-refractivity contribution in [3.05, 3.63) is 26.6 Å². The molecular formula is C18H25N3O3S2. The Hall–Kier alpha value is -1.38. The lowest BCUT2D eigenvalue weighted by Gasteiger charge is -2.17. The van der Waals surface area contributed by atoms with Gasteiger partial charge in [-0.05, 0) is 37.2 Å². The van der Waals surface area contributed by atoms with Crippen molar-refractivity contribution in [1.29, 1.82) is 0 Å².